The van der Waals surface area contributed by atoms with Crippen molar-refractivity contribution in [1.82, 2.24) is 9.47 Å². The summed E-state index contributed by atoms with van der Waals surface area (Å²) in [5, 5.41) is 9.96. The number of hydrogen-bond donors (Lipinski definition) is 1. The molecule has 1 saturated heterocycles. The van der Waals surface area contributed by atoms with E-state index in [1.54, 1.807) is 22.8 Å². The summed E-state index contributed by atoms with van der Waals surface area (Å²) in [6.45, 7) is 6.42. The fraction of sp³-hybridized carbons (Fsp3) is 0.412. The molecule has 0 radical (unpaired) electrons. The van der Waals surface area contributed by atoms with Crippen molar-refractivity contribution in [3.8, 4) is 0 Å². The summed E-state index contributed by atoms with van der Waals surface area (Å²) in [7, 11) is 0. The van der Waals surface area contributed by atoms with Crippen LogP contribution >= 0.6 is 0 Å². The van der Waals surface area contributed by atoms with Crippen molar-refractivity contribution in [2.24, 2.45) is 0 Å². The van der Waals surface area contributed by atoms with Crippen LogP contribution in [0.1, 0.15) is 15.9 Å². The van der Waals surface area contributed by atoms with E-state index in [1.165, 1.54) is 6.07 Å². The van der Waals surface area contributed by atoms with Crippen molar-refractivity contribution < 1.29 is 14.6 Å². The van der Waals surface area contributed by atoms with Crippen molar-refractivity contribution in [2.45, 2.75) is 13.5 Å². The predicted octanol–water partition coefficient (Wildman–Crippen LogP) is 1.34. The lowest BCUT2D eigenvalue weighted by atomic mass is 10.1. The first-order valence-electron chi connectivity index (χ1n) is 7.74. The number of carbonyl (C=O) groups is 1. The van der Waals surface area contributed by atoms with Crippen molar-refractivity contribution in [3.63, 3.8) is 0 Å². The molecule has 2 heterocycles. The average Bonchev–Trinajstić information content (AvgIpc) is 2.55. The first kappa shape index (κ1) is 15.7. The second kappa shape index (κ2) is 6.52. The number of benzene rings is 1. The van der Waals surface area contributed by atoms with Crippen molar-refractivity contribution >= 4 is 16.9 Å². The van der Waals surface area contributed by atoms with E-state index in [1.807, 2.05) is 6.92 Å². The van der Waals surface area contributed by atoms with Crippen LogP contribution in [-0.4, -0.2) is 53.4 Å². The van der Waals surface area contributed by atoms with Gasteiger partial charge in [0.05, 0.1) is 24.3 Å². The second-order valence-corrected chi connectivity index (χ2v) is 5.81. The van der Waals surface area contributed by atoms with Crippen LogP contribution in [0, 0.1) is 6.92 Å². The zero-order valence-electron chi connectivity index (χ0n) is 13.1. The van der Waals surface area contributed by atoms with Gasteiger partial charge in [-0.25, -0.2) is 4.79 Å². The molecule has 6 nitrogen and oxygen atoms in total. The Morgan fingerprint density at radius 1 is 1.22 bits per heavy atom. The Balaban J connectivity index is 1.96. The molecule has 1 N–H and O–H groups in total. The Morgan fingerprint density at radius 2 is 1.96 bits per heavy atom. The van der Waals surface area contributed by atoms with E-state index >= 15 is 0 Å². The van der Waals surface area contributed by atoms with Gasteiger partial charge < -0.3 is 14.4 Å². The van der Waals surface area contributed by atoms with Gasteiger partial charge in [0.2, 0.25) is 0 Å². The lowest BCUT2D eigenvalue weighted by Gasteiger charge is -2.27. The Bertz CT molecular complexity index is 791. The van der Waals surface area contributed by atoms with Crippen LogP contribution in [0.5, 0.6) is 0 Å². The number of nitrogens with zero attached hydrogens (tertiary/aromatic N) is 2. The summed E-state index contributed by atoms with van der Waals surface area (Å²) in [5.74, 6) is -0.957. The van der Waals surface area contributed by atoms with Gasteiger partial charge in [0.15, 0.2) is 0 Å². The molecular formula is C17H20N2O4. The molecule has 1 fully saturated rings. The maximum atomic E-state index is 12.3. The van der Waals surface area contributed by atoms with E-state index in [2.05, 4.69) is 4.90 Å². The largest absolute Gasteiger partial charge is 0.478 e. The van der Waals surface area contributed by atoms with E-state index < -0.39 is 5.97 Å². The van der Waals surface area contributed by atoms with Gasteiger partial charge in [-0.1, -0.05) is 0 Å². The molecule has 1 aromatic heterocycles. The van der Waals surface area contributed by atoms with Crippen LogP contribution in [0.15, 0.2) is 29.1 Å². The molecule has 0 unspecified atom stereocenters. The molecule has 0 aliphatic carbocycles. The number of aromatic nitrogens is 1. The van der Waals surface area contributed by atoms with Gasteiger partial charge >= 0.3 is 5.97 Å². The highest BCUT2D eigenvalue weighted by Crippen LogP contribution is 2.19. The summed E-state index contributed by atoms with van der Waals surface area (Å²) in [5.41, 5.74) is 1.81. The maximum Gasteiger partial charge on any atom is 0.335 e. The number of aryl methyl sites for hydroxylation is 1. The second-order valence-electron chi connectivity index (χ2n) is 5.81. The van der Waals surface area contributed by atoms with Crippen molar-refractivity contribution in [3.05, 3.63) is 45.7 Å². The van der Waals surface area contributed by atoms with Gasteiger partial charge in [0.25, 0.3) is 5.56 Å². The molecule has 1 aromatic carbocycles. The van der Waals surface area contributed by atoms with Gasteiger partial charge in [0.1, 0.15) is 0 Å². The summed E-state index contributed by atoms with van der Waals surface area (Å²) >= 11 is 0. The number of rotatable bonds is 4. The third-order valence-corrected chi connectivity index (χ3v) is 4.26. The molecule has 0 amide bonds. The fourth-order valence-corrected chi connectivity index (χ4v) is 3.08. The minimum atomic E-state index is -0.957. The molecule has 3 rings (SSSR count). The molecule has 1 aliphatic rings. The molecule has 122 valence electrons. The van der Waals surface area contributed by atoms with Crippen LogP contribution in [-0.2, 0) is 11.3 Å². The molecule has 1 aliphatic heterocycles. The number of fused-ring (bicyclic) bond motifs is 1. The highest BCUT2D eigenvalue weighted by atomic mass is 16.5. The van der Waals surface area contributed by atoms with Crippen LogP contribution < -0.4 is 5.56 Å². The molecule has 6 heteroatoms. The van der Waals surface area contributed by atoms with Crippen molar-refractivity contribution in [1.29, 1.82) is 0 Å². The normalized spacial score (nSPS) is 15.9. The first-order chi connectivity index (χ1) is 11.1. The number of pyridine rings is 1. The first-order valence-corrected chi connectivity index (χ1v) is 7.74. The molecule has 0 atom stereocenters. The van der Waals surface area contributed by atoms with Gasteiger partial charge in [-0.05, 0) is 36.1 Å². The van der Waals surface area contributed by atoms with E-state index in [0.29, 0.717) is 6.54 Å². The van der Waals surface area contributed by atoms with Gasteiger partial charge in [0, 0.05) is 32.2 Å². The Hall–Kier alpha value is -2.18. The molecule has 0 saturated carbocycles. The Morgan fingerprint density at radius 3 is 2.65 bits per heavy atom. The molecule has 0 spiro atoms. The monoisotopic (exact) mass is 316 g/mol. The highest BCUT2D eigenvalue weighted by molar-refractivity contribution is 5.94. The van der Waals surface area contributed by atoms with Gasteiger partial charge in [-0.2, -0.15) is 0 Å². The van der Waals surface area contributed by atoms with Crippen LogP contribution in [0.2, 0.25) is 0 Å². The molecule has 2 aromatic rings. The van der Waals surface area contributed by atoms with E-state index in [9.17, 15) is 14.7 Å². The van der Waals surface area contributed by atoms with Crippen LogP contribution in [0.4, 0.5) is 0 Å². The van der Waals surface area contributed by atoms with Crippen LogP contribution in [0.3, 0.4) is 0 Å². The smallest absolute Gasteiger partial charge is 0.335 e. The summed E-state index contributed by atoms with van der Waals surface area (Å²) < 4.78 is 7.08. The molecular weight excluding hydrogens is 296 g/mol. The Kier molecular flexibility index (Phi) is 4.45. The predicted molar refractivity (Wildman–Crippen MR) is 87.2 cm³/mol. The lowest BCUT2D eigenvalue weighted by Crippen LogP contribution is -2.39. The molecule has 0 bridgehead atoms. The third-order valence-electron chi connectivity index (χ3n) is 4.26. The number of ether oxygens (including phenoxy) is 1. The fourth-order valence-electron chi connectivity index (χ4n) is 3.08. The summed E-state index contributed by atoms with van der Waals surface area (Å²) in [6.07, 6.45) is 0. The summed E-state index contributed by atoms with van der Waals surface area (Å²) in [6, 6.07) is 6.44. The van der Waals surface area contributed by atoms with E-state index in [0.717, 1.165) is 49.3 Å². The Labute approximate surface area is 133 Å². The van der Waals surface area contributed by atoms with E-state index in [4.69, 9.17) is 4.74 Å². The minimum absolute atomic E-state index is 0.0584. The zero-order valence-corrected chi connectivity index (χ0v) is 13.1. The average molecular weight is 316 g/mol. The van der Waals surface area contributed by atoms with Crippen LogP contribution in [0.25, 0.3) is 10.9 Å². The standard InChI is InChI=1S/C17H20N2O4/c1-12-10-14(17(21)22)11-13-2-3-15(20)19(16(12)13)5-4-18-6-8-23-9-7-18/h2-3,10-11H,4-9H2,1H3,(H,21,22). The topological polar surface area (TPSA) is 71.8 Å². The van der Waals surface area contributed by atoms with Gasteiger partial charge in [-0.3, -0.25) is 9.69 Å². The number of carboxylic acid groups (broad SMARTS) is 1. The number of morpholine rings is 1. The maximum absolute atomic E-state index is 12.3. The summed E-state index contributed by atoms with van der Waals surface area (Å²) in [4.78, 5) is 25.7. The van der Waals surface area contributed by atoms with Crippen molar-refractivity contribution in [2.75, 3.05) is 32.8 Å². The molecule has 23 heavy (non-hydrogen) atoms. The highest BCUT2D eigenvalue weighted by Gasteiger charge is 2.13. The number of carboxylic acids is 1. The van der Waals surface area contributed by atoms with Gasteiger partial charge in [-0.15, -0.1) is 0 Å². The quantitative estimate of drug-likeness (QED) is 0.921. The lowest BCUT2D eigenvalue weighted by molar-refractivity contribution is 0.0364. The minimum Gasteiger partial charge on any atom is -0.478 e. The number of aromatic carboxylic acids is 1. The van der Waals surface area contributed by atoms with E-state index in [-0.39, 0.29) is 11.1 Å². The zero-order chi connectivity index (χ0) is 16.4. The third kappa shape index (κ3) is 3.28. The number of hydrogen-bond acceptors (Lipinski definition) is 4. The SMILES string of the molecule is Cc1cc(C(=O)O)cc2ccc(=O)n(CCN3CCOCC3)c12.